The van der Waals surface area contributed by atoms with Crippen LogP contribution in [0.5, 0.6) is 0 Å². The number of nitrogens with one attached hydrogen (secondary N) is 2. The Balaban J connectivity index is 2.20. The Morgan fingerprint density at radius 3 is 2.67 bits per heavy atom. The van der Waals surface area contributed by atoms with Crippen molar-refractivity contribution in [2.45, 2.75) is 25.3 Å². The van der Waals surface area contributed by atoms with Gasteiger partial charge in [0.2, 0.25) is 10.0 Å². The van der Waals surface area contributed by atoms with E-state index in [1.54, 1.807) is 19.9 Å². The van der Waals surface area contributed by atoms with Crippen molar-refractivity contribution in [1.82, 2.24) is 14.9 Å². The highest BCUT2D eigenvalue weighted by atomic mass is 32.2. The Hall–Kier alpha value is -2.26. The van der Waals surface area contributed by atoms with Crippen molar-refractivity contribution in [2.24, 2.45) is 0 Å². The first-order valence-corrected chi connectivity index (χ1v) is 7.54. The molecule has 112 valence electrons. The summed E-state index contributed by atoms with van der Waals surface area (Å²) < 4.78 is 26.9. The second-order valence-corrected chi connectivity index (χ2v) is 6.22. The first-order chi connectivity index (χ1) is 9.81. The molecule has 0 amide bonds. The highest BCUT2D eigenvalue weighted by Crippen LogP contribution is 2.18. The normalized spacial score (nSPS) is 11.5. The van der Waals surface area contributed by atoms with Crippen molar-refractivity contribution in [2.75, 3.05) is 0 Å². The molecule has 0 unspecified atom stereocenters. The van der Waals surface area contributed by atoms with Crippen molar-refractivity contribution in [3.8, 4) is 0 Å². The summed E-state index contributed by atoms with van der Waals surface area (Å²) in [5.41, 5.74) is 1.24. The van der Waals surface area contributed by atoms with E-state index in [9.17, 15) is 18.5 Å². The fourth-order valence-electron chi connectivity index (χ4n) is 1.97. The van der Waals surface area contributed by atoms with Gasteiger partial charge in [0.05, 0.1) is 16.3 Å². The lowest BCUT2D eigenvalue weighted by molar-refractivity contribution is -0.384. The Kier molecular flexibility index (Phi) is 4.05. The maximum atomic E-state index is 12.2. The Morgan fingerprint density at radius 2 is 2.10 bits per heavy atom. The zero-order chi connectivity index (χ0) is 15.6. The van der Waals surface area contributed by atoms with Crippen molar-refractivity contribution in [3.63, 3.8) is 0 Å². The number of rotatable bonds is 5. The second-order valence-electron chi connectivity index (χ2n) is 4.51. The van der Waals surface area contributed by atoms with Crippen LogP contribution in [0, 0.1) is 24.0 Å². The number of nitro benzene ring substituents is 1. The maximum Gasteiger partial charge on any atom is 0.269 e. The van der Waals surface area contributed by atoms with Gasteiger partial charge in [-0.15, -0.1) is 0 Å². The molecular formula is C12H14N4O4S. The summed E-state index contributed by atoms with van der Waals surface area (Å²) in [6, 6.07) is 5.81. The SMILES string of the molecule is Cc1n[nH]c(C)c1S(=O)(=O)NCc1cccc([N+](=O)[O-])c1. The van der Waals surface area contributed by atoms with Gasteiger partial charge in [-0.3, -0.25) is 15.2 Å². The molecule has 2 rings (SSSR count). The average Bonchev–Trinajstić information content (AvgIpc) is 2.77. The maximum absolute atomic E-state index is 12.2. The molecule has 1 aromatic carbocycles. The van der Waals surface area contributed by atoms with Gasteiger partial charge < -0.3 is 0 Å². The van der Waals surface area contributed by atoms with Crippen LogP contribution >= 0.6 is 0 Å². The molecule has 1 aromatic heterocycles. The first kappa shape index (κ1) is 15.1. The minimum absolute atomic E-state index is 0.0337. The van der Waals surface area contributed by atoms with E-state index in [2.05, 4.69) is 14.9 Å². The molecule has 8 nitrogen and oxygen atoms in total. The number of benzene rings is 1. The fraction of sp³-hybridized carbons (Fsp3) is 0.250. The van der Waals surface area contributed by atoms with E-state index in [1.165, 1.54) is 18.2 Å². The lowest BCUT2D eigenvalue weighted by Crippen LogP contribution is -2.24. The van der Waals surface area contributed by atoms with Crippen molar-refractivity contribution >= 4 is 15.7 Å². The second kappa shape index (κ2) is 5.62. The minimum atomic E-state index is -3.72. The summed E-state index contributed by atoms with van der Waals surface area (Å²) in [4.78, 5) is 10.3. The summed E-state index contributed by atoms with van der Waals surface area (Å²) in [6.45, 7) is 3.17. The molecule has 0 saturated heterocycles. The third-order valence-electron chi connectivity index (χ3n) is 2.92. The number of aryl methyl sites for hydroxylation is 2. The van der Waals surface area contributed by atoms with Gasteiger partial charge in [0.25, 0.3) is 5.69 Å². The van der Waals surface area contributed by atoms with Gasteiger partial charge in [-0.2, -0.15) is 5.10 Å². The molecule has 2 aromatic rings. The first-order valence-electron chi connectivity index (χ1n) is 6.06. The van der Waals surface area contributed by atoms with Crippen molar-refractivity contribution < 1.29 is 13.3 Å². The molecule has 1 heterocycles. The number of aromatic nitrogens is 2. The topological polar surface area (TPSA) is 118 Å². The smallest absolute Gasteiger partial charge is 0.269 e. The number of nitrogens with zero attached hydrogens (tertiary/aromatic N) is 2. The lowest BCUT2D eigenvalue weighted by Gasteiger charge is -2.07. The molecule has 0 saturated carbocycles. The summed E-state index contributed by atoms with van der Waals surface area (Å²) in [5.74, 6) is 0. The van der Waals surface area contributed by atoms with Crippen molar-refractivity contribution in [1.29, 1.82) is 0 Å². The van der Waals surface area contributed by atoms with Crippen LogP contribution in [0.3, 0.4) is 0 Å². The van der Waals surface area contributed by atoms with Gasteiger partial charge in [-0.05, 0) is 19.4 Å². The number of hydrogen-bond donors (Lipinski definition) is 2. The number of nitro groups is 1. The van der Waals surface area contributed by atoms with Gasteiger partial charge in [0.15, 0.2) is 0 Å². The van der Waals surface area contributed by atoms with Gasteiger partial charge in [-0.1, -0.05) is 12.1 Å². The molecule has 0 radical (unpaired) electrons. The molecule has 0 atom stereocenters. The van der Waals surface area contributed by atoms with E-state index < -0.39 is 14.9 Å². The molecular weight excluding hydrogens is 296 g/mol. The van der Waals surface area contributed by atoms with Crippen LogP contribution in [0.2, 0.25) is 0 Å². The van der Waals surface area contributed by atoms with Gasteiger partial charge in [0.1, 0.15) is 4.90 Å². The summed E-state index contributed by atoms with van der Waals surface area (Å²) in [5, 5.41) is 17.1. The van der Waals surface area contributed by atoms with Crippen LogP contribution in [-0.4, -0.2) is 23.5 Å². The molecule has 0 bridgehead atoms. The van der Waals surface area contributed by atoms with Crippen LogP contribution in [0.1, 0.15) is 17.0 Å². The number of hydrogen-bond acceptors (Lipinski definition) is 5. The van der Waals surface area contributed by atoms with Crippen LogP contribution in [0.25, 0.3) is 0 Å². The molecule has 0 aliphatic heterocycles. The monoisotopic (exact) mass is 310 g/mol. The van der Waals surface area contributed by atoms with Crippen molar-refractivity contribution in [3.05, 3.63) is 51.3 Å². The lowest BCUT2D eigenvalue weighted by atomic mass is 10.2. The highest BCUT2D eigenvalue weighted by Gasteiger charge is 2.22. The molecule has 0 aliphatic carbocycles. The van der Waals surface area contributed by atoms with E-state index in [0.717, 1.165) is 0 Å². The minimum Gasteiger partial charge on any atom is -0.281 e. The quantitative estimate of drug-likeness (QED) is 0.639. The predicted octanol–water partition coefficient (Wildman–Crippen LogP) is 1.41. The van der Waals surface area contributed by atoms with Crippen LogP contribution < -0.4 is 4.72 Å². The van der Waals surface area contributed by atoms with E-state index in [1.807, 2.05) is 0 Å². The fourth-order valence-corrected chi connectivity index (χ4v) is 3.35. The predicted molar refractivity (Wildman–Crippen MR) is 75.2 cm³/mol. The van der Waals surface area contributed by atoms with Crippen LogP contribution in [0.4, 0.5) is 5.69 Å². The number of aromatic amines is 1. The van der Waals surface area contributed by atoms with Crippen LogP contribution in [0.15, 0.2) is 29.2 Å². The molecule has 2 N–H and O–H groups in total. The molecule has 0 aliphatic rings. The third-order valence-corrected chi connectivity index (χ3v) is 4.58. The third kappa shape index (κ3) is 3.26. The summed E-state index contributed by atoms with van der Waals surface area (Å²) in [6.07, 6.45) is 0. The number of H-pyrrole nitrogens is 1. The Labute approximate surface area is 121 Å². The Morgan fingerprint density at radius 1 is 1.38 bits per heavy atom. The van der Waals surface area contributed by atoms with Gasteiger partial charge in [0, 0.05) is 18.7 Å². The standard InChI is InChI=1S/C12H14N4O4S/c1-8-12(9(2)15-14-8)21(19,20)13-7-10-4-3-5-11(6-10)16(17)18/h3-6,13H,7H2,1-2H3,(H,14,15). The van der Waals surface area contributed by atoms with Gasteiger partial charge in [-0.25, -0.2) is 13.1 Å². The molecule has 0 spiro atoms. The van der Waals surface area contributed by atoms with Gasteiger partial charge >= 0.3 is 0 Å². The average molecular weight is 310 g/mol. The number of sulfonamides is 1. The van der Waals surface area contributed by atoms with Crippen LogP contribution in [-0.2, 0) is 16.6 Å². The van der Waals surface area contributed by atoms with E-state index in [4.69, 9.17) is 0 Å². The number of non-ortho nitro benzene ring substituents is 1. The largest absolute Gasteiger partial charge is 0.281 e. The zero-order valence-corrected chi connectivity index (χ0v) is 12.3. The summed E-state index contributed by atoms with van der Waals surface area (Å²) >= 11 is 0. The van der Waals surface area contributed by atoms with E-state index >= 15 is 0 Å². The molecule has 9 heteroatoms. The summed E-state index contributed by atoms with van der Waals surface area (Å²) in [7, 11) is -3.72. The zero-order valence-electron chi connectivity index (χ0n) is 11.5. The molecule has 21 heavy (non-hydrogen) atoms. The molecule has 0 fully saturated rings. The van der Waals surface area contributed by atoms with E-state index in [0.29, 0.717) is 17.0 Å². The highest BCUT2D eigenvalue weighted by molar-refractivity contribution is 7.89. The Bertz CT molecular complexity index is 763. The van der Waals surface area contributed by atoms with E-state index in [-0.39, 0.29) is 17.1 Å².